The molecule has 1 aromatic carbocycles. The number of rotatable bonds is 5. The molecule has 0 aliphatic carbocycles. The van der Waals surface area contributed by atoms with Gasteiger partial charge in [0.2, 0.25) is 17.6 Å². The summed E-state index contributed by atoms with van der Waals surface area (Å²) in [5.74, 6) is -0.626. The van der Waals surface area contributed by atoms with Gasteiger partial charge >= 0.3 is 0 Å². The average Bonchev–Trinajstić information content (AvgIpc) is 2.85. The fraction of sp³-hybridized carbons (Fsp3) is 0.182. The van der Waals surface area contributed by atoms with E-state index in [9.17, 15) is 9.59 Å². The number of halogens is 1. The number of nitrogens with zero attached hydrogens (tertiary/aromatic N) is 4. The van der Waals surface area contributed by atoms with E-state index >= 15 is 0 Å². The van der Waals surface area contributed by atoms with Crippen molar-refractivity contribution in [3.63, 3.8) is 0 Å². The van der Waals surface area contributed by atoms with Gasteiger partial charge in [0.15, 0.2) is 0 Å². The molecule has 0 saturated carbocycles. The van der Waals surface area contributed by atoms with Gasteiger partial charge in [-0.2, -0.15) is 4.80 Å². The summed E-state index contributed by atoms with van der Waals surface area (Å²) in [5.41, 5.74) is 5.70. The predicted octanol–water partition coefficient (Wildman–Crippen LogP) is -0.296. The molecule has 2 rings (SSSR count). The maximum Gasteiger partial charge on any atom is 0.244 e. The molecule has 1 heterocycles. The minimum absolute atomic E-state index is 0.134. The van der Waals surface area contributed by atoms with Crippen LogP contribution in [-0.4, -0.2) is 38.6 Å². The first kappa shape index (κ1) is 14.1. The highest BCUT2D eigenvalue weighted by atomic mass is 79.9. The van der Waals surface area contributed by atoms with E-state index in [1.165, 1.54) is 0 Å². The Morgan fingerprint density at radius 2 is 2.10 bits per heavy atom. The summed E-state index contributed by atoms with van der Waals surface area (Å²) in [5, 5.41) is 14.1. The Bertz CT molecular complexity index is 641. The zero-order chi connectivity index (χ0) is 14.5. The number of tetrazole rings is 1. The zero-order valence-electron chi connectivity index (χ0n) is 10.3. The van der Waals surface area contributed by atoms with E-state index in [1.54, 1.807) is 0 Å². The quantitative estimate of drug-likeness (QED) is 0.776. The minimum Gasteiger partial charge on any atom is -0.368 e. The van der Waals surface area contributed by atoms with Crippen molar-refractivity contribution >= 4 is 27.7 Å². The first-order valence-corrected chi connectivity index (χ1v) is 6.43. The normalized spacial score (nSPS) is 10.2. The van der Waals surface area contributed by atoms with Crippen LogP contribution in [0.3, 0.4) is 0 Å². The molecule has 0 atom stereocenters. The van der Waals surface area contributed by atoms with Crippen molar-refractivity contribution in [1.82, 2.24) is 25.5 Å². The van der Waals surface area contributed by atoms with E-state index in [0.717, 1.165) is 14.8 Å². The summed E-state index contributed by atoms with van der Waals surface area (Å²) in [4.78, 5) is 23.2. The Hall–Kier alpha value is -2.29. The van der Waals surface area contributed by atoms with Gasteiger partial charge in [-0.1, -0.05) is 28.1 Å². The lowest BCUT2D eigenvalue weighted by Crippen LogP contribution is -2.35. The van der Waals surface area contributed by atoms with Gasteiger partial charge in [-0.15, -0.1) is 10.2 Å². The smallest absolute Gasteiger partial charge is 0.244 e. The van der Waals surface area contributed by atoms with Crippen LogP contribution in [0.1, 0.15) is 0 Å². The summed E-state index contributed by atoms with van der Waals surface area (Å²) >= 11 is 3.39. The van der Waals surface area contributed by atoms with Crippen molar-refractivity contribution in [3.8, 4) is 11.4 Å². The molecule has 104 valence electrons. The van der Waals surface area contributed by atoms with Crippen molar-refractivity contribution in [2.24, 2.45) is 5.73 Å². The van der Waals surface area contributed by atoms with E-state index < -0.39 is 11.8 Å². The molecule has 2 aromatic rings. The van der Waals surface area contributed by atoms with E-state index in [4.69, 9.17) is 5.73 Å². The van der Waals surface area contributed by atoms with Crippen molar-refractivity contribution in [2.45, 2.75) is 6.54 Å². The molecule has 0 bridgehead atoms. The van der Waals surface area contributed by atoms with Gasteiger partial charge in [0, 0.05) is 10.0 Å². The van der Waals surface area contributed by atoms with Crippen LogP contribution in [0.5, 0.6) is 0 Å². The number of nitrogens with one attached hydrogen (secondary N) is 1. The zero-order valence-corrected chi connectivity index (χ0v) is 11.9. The molecule has 0 aliphatic rings. The molecule has 0 fully saturated rings. The highest BCUT2D eigenvalue weighted by Crippen LogP contribution is 2.23. The van der Waals surface area contributed by atoms with Gasteiger partial charge in [0.05, 0.1) is 6.54 Å². The molecular weight excluding hydrogens is 328 g/mol. The lowest BCUT2D eigenvalue weighted by Gasteiger charge is -2.01. The van der Waals surface area contributed by atoms with E-state index in [1.807, 2.05) is 24.3 Å². The molecule has 2 amide bonds. The number of amides is 2. The fourth-order valence-electron chi connectivity index (χ4n) is 1.43. The topological polar surface area (TPSA) is 116 Å². The lowest BCUT2D eigenvalue weighted by molar-refractivity contribution is -0.125. The van der Waals surface area contributed by atoms with Gasteiger partial charge < -0.3 is 11.1 Å². The molecule has 0 radical (unpaired) electrons. The molecule has 0 aliphatic heterocycles. The second kappa shape index (κ2) is 6.24. The molecule has 0 unspecified atom stereocenters. The average molecular weight is 339 g/mol. The highest BCUT2D eigenvalue weighted by Gasteiger charge is 2.11. The van der Waals surface area contributed by atoms with E-state index in [0.29, 0.717) is 5.82 Å². The van der Waals surface area contributed by atoms with Crippen LogP contribution in [-0.2, 0) is 16.1 Å². The molecule has 3 N–H and O–H groups in total. The number of carbonyl (C=O) groups excluding carboxylic acids is 2. The Morgan fingerprint density at radius 1 is 1.35 bits per heavy atom. The van der Waals surface area contributed by atoms with Crippen molar-refractivity contribution in [1.29, 1.82) is 0 Å². The van der Waals surface area contributed by atoms with Crippen LogP contribution in [0.15, 0.2) is 28.7 Å². The maximum atomic E-state index is 11.5. The fourth-order valence-corrected chi connectivity index (χ4v) is 1.89. The number of primary amides is 1. The first-order valence-electron chi connectivity index (χ1n) is 5.64. The largest absolute Gasteiger partial charge is 0.368 e. The third-order valence-electron chi connectivity index (χ3n) is 2.31. The maximum absolute atomic E-state index is 11.5. The standard InChI is InChI=1S/C11H11BrN6O2/c12-8-4-2-1-3-7(8)11-15-17-18(16-11)6-10(20)14-5-9(13)19/h1-4H,5-6H2,(H2,13,19)(H,14,20). The van der Waals surface area contributed by atoms with Crippen LogP contribution < -0.4 is 11.1 Å². The second-order valence-electron chi connectivity index (χ2n) is 3.87. The van der Waals surface area contributed by atoms with Gasteiger partial charge in [0.25, 0.3) is 0 Å². The lowest BCUT2D eigenvalue weighted by atomic mass is 10.2. The summed E-state index contributed by atoms with van der Waals surface area (Å²) in [7, 11) is 0. The number of aromatic nitrogens is 4. The number of benzene rings is 1. The Labute approximate surface area is 122 Å². The van der Waals surface area contributed by atoms with Crippen LogP contribution in [0.2, 0.25) is 0 Å². The van der Waals surface area contributed by atoms with Crippen LogP contribution in [0.25, 0.3) is 11.4 Å². The van der Waals surface area contributed by atoms with Gasteiger partial charge in [-0.05, 0) is 17.3 Å². The minimum atomic E-state index is -0.612. The van der Waals surface area contributed by atoms with Crippen LogP contribution in [0, 0.1) is 0 Å². The molecule has 1 aromatic heterocycles. The summed E-state index contributed by atoms with van der Waals surface area (Å²) in [6, 6.07) is 7.41. The highest BCUT2D eigenvalue weighted by molar-refractivity contribution is 9.10. The number of nitrogens with two attached hydrogens (primary N) is 1. The number of hydrogen-bond donors (Lipinski definition) is 2. The van der Waals surface area contributed by atoms with Crippen molar-refractivity contribution in [2.75, 3.05) is 6.54 Å². The Morgan fingerprint density at radius 3 is 2.80 bits per heavy atom. The van der Waals surface area contributed by atoms with Crippen molar-refractivity contribution in [3.05, 3.63) is 28.7 Å². The molecule has 9 heteroatoms. The number of hydrogen-bond acceptors (Lipinski definition) is 5. The predicted molar refractivity (Wildman–Crippen MR) is 73.2 cm³/mol. The first-order chi connectivity index (χ1) is 9.56. The van der Waals surface area contributed by atoms with E-state index in [2.05, 4.69) is 36.7 Å². The monoisotopic (exact) mass is 338 g/mol. The molecular formula is C11H11BrN6O2. The third-order valence-corrected chi connectivity index (χ3v) is 3.00. The third kappa shape index (κ3) is 3.60. The van der Waals surface area contributed by atoms with Gasteiger partial charge in [0.1, 0.15) is 6.54 Å². The SMILES string of the molecule is NC(=O)CNC(=O)Cn1nnc(-c2ccccc2Br)n1. The number of carbonyl (C=O) groups is 2. The summed E-state index contributed by atoms with van der Waals surface area (Å²) < 4.78 is 0.831. The second-order valence-corrected chi connectivity index (χ2v) is 4.72. The molecule has 0 saturated heterocycles. The van der Waals surface area contributed by atoms with Crippen molar-refractivity contribution < 1.29 is 9.59 Å². The van der Waals surface area contributed by atoms with Crippen LogP contribution in [0.4, 0.5) is 0 Å². The van der Waals surface area contributed by atoms with Gasteiger partial charge in [-0.3, -0.25) is 9.59 Å². The van der Waals surface area contributed by atoms with E-state index in [-0.39, 0.29) is 13.1 Å². The van der Waals surface area contributed by atoms with Gasteiger partial charge in [-0.25, -0.2) is 0 Å². The summed E-state index contributed by atoms with van der Waals surface area (Å²) in [6.07, 6.45) is 0. The molecule has 8 nitrogen and oxygen atoms in total. The van der Waals surface area contributed by atoms with Crippen LogP contribution >= 0.6 is 15.9 Å². The molecule has 0 spiro atoms. The Balaban J connectivity index is 2.04. The molecule has 20 heavy (non-hydrogen) atoms. The summed E-state index contributed by atoms with van der Waals surface area (Å²) in [6.45, 7) is -0.352. The Kier molecular flexibility index (Phi) is 4.41.